The second kappa shape index (κ2) is 8.55. The van der Waals surface area contributed by atoms with Gasteiger partial charge in [-0.15, -0.1) is 0 Å². The van der Waals surface area contributed by atoms with E-state index in [1.54, 1.807) is 0 Å². The molecular formula is C15H7BrF16O. The van der Waals surface area contributed by atoms with E-state index in [1.165, 1.54) is 0 Å². The number of alkyl halides is 16. The fraction of sp³-hybridized carbons (Fsp3) is 0.600. The standard InChI is InChI=1S/C15H7BrF16O/c16-6-1-3-7(4-2-6)33-5-9(19,20)11(23,24)13(27,28)15(31,32)14(29,30)12(25,26)10(21,22)8(17)18/h1-4,8H,5H2. The Balaban J connectivity index is 3.40. The molecule has 0 fully saturated rings. The molecule has 0 saturated heterocycles. The average Bonchev–Trinajstić information content (AvgIpc) is 2.66. The summed E-state index contributed by atoms with van der Waals surface area (Å²) in [4.78, 5) is 0. The molecule has 18 heteroatoms. The van der Waals surface area contributed by atoms with Gasteiger partial charge in [0, 0.05) is 4.47 Å². The minimum absolute atomic E-state index is 0.252. The van der Waals surface area contributed by atoms with E-state index in [9.17, 15) is 70.2 Å². The first-order chi connectivity index (χ1) is 14.4. The van der Waals surface area contributed by atoms with Gasteiger partial charge in [-0.25, -0.2) is 8.78 Å². The Labute approximate surface area is 180 Å². The zero-order valence-electron chi connectivity index (χ0n) is 14.9. The predicted molar refractivity (Wildman–Crippen MR) is 80.3 cm³/mol. The van der Waals surface area contributed by atoms with Crippen LogP contribution >= 0.6 is 15.9 Å². The molecule has 0 N–H and O–H groups in total. The van der Waals surface area contributed by atoms with Crippen LogP contribution in [0.25, 0.3) is 0 Å². The molecule has 0 aliphatic rings. The van der Waals surface area contributed by atoms with E-state index in [4.69, 9.17) is 0 Å². The molecule has 0 saturated carbocycles. The van der Waals surface area contributed by atoms with Crippen molar-refractivity contribution in [2.45, 2.75) is 47.9 Å². The number of ether oxygens (including phenoxy) is 1. The Morgan fingerprint density at radius 1 is 0.606 bits per heavy atom. The van der Waals surface area contributed by atoms with Crippen molar-refractivity contribution < 1.29 is 75.0 Å². The Morgan fingerprint density at radius 3 is 1.36 bits per heavy atom. The SMILES string of the molecule is FC(F)C(F)(F)C(F)(F)C(F)(F)C(F)(F)C(F)(F)C(F)(F)C(F)(F)COc1ccc(Br)cc1. The zero-order chi connectivity index (χ0) is 26.5. The van der Waals surface area contributed by atoms with Gasteiger partial charge < -0.3 is 4.74 Å². The highest BCUT2D eigenvalue weighted by molar-refractivity contribution is 9.10. The fourth-order valence-electron chi connectivity index (χ4n) is 1.96. The third-order valence-electron chi connectivity index (χ3n) is 3.96. The first kappa shape index (κ1) is 29.4. The summed E-state index contributed by atoms with van der Waals surface area (Å²) in [6, 6.07) is 3.57. The third-order valence-corrected chi connectivity index (χ3v) is 4.49. The lowest BCUT2D eigenvalue weighted by Crippen LogP contribution is -2.74. The lowest BCUT2D eigenvalue weighted by molar-refractivity contribution is -0.447. The molecule has 1 nitrogen and oxygen atoms in total. The van der Waals surface area contributed by atoms with Crippen LogP contribution < -0.4 is 4.74 Å². The molecule has 1 aromatic carbocycles. The summed E-state index contributed by atoms with van der Waals surface area (Å²) in [6.45, 7) is -2.91. The van der Waals surface area contributed by atoms with E-state index < -0.39 is 60.2 Å². The van der Waals surface area contributed by atoms with Crippen molar-refractivity contribution in [3.63, 3.8) is 0 Å². The van der Waals surface area contributed by atoms with Crippen LogP contribution in [0.15, 0.2) is 28.7 Å². The minimum Gasteiger partial charge on any atom is -0.487 e. The Kier molecular flexibility index (Phi) is 7.62. The average molecular weight is 587 g/mol. The summed E-state index contributed by atoms with van der Waals surface area (Å²) in [5.41, 5.74) is 0. The van der Waals surface area contributed by atoms with Crippen molar-refractivity contribution in [2.24, 2.45) is 0 Å². The first-order valence-electron chi connectivity index (χ1n) is 7.73. The number of benzene rings is 1. The quantitative estimate of drug-likeness (QED) is 0.257. The van der Waals surface area contributed by atoms with Crippen LogP contribution in [0.4, 0.5) is 70.2 Å². The van der Waals surface area contributed by atoms with Gasteiger partial charge in [0.2, 0.25) is 0 Å². The predicted octanol–water partition coefficient (Wildman–Crippen LogP) is 7.54. The molecule has 192 valence electrons. The summed E-state index contributed by atoms with van der Waals surface area (Å²) in [7, 11) is 0. The summed E-state index contributed by atoms with van der Waals surface area (Å²) in [5, 5.41) is 0. The molecular weight excluding hydrogens is 580 g/mol. The molecule has 1 aromatic rings. The first-order valence-corrected chi connectivity index (χ1v) is 8.52. The third kappa shape index (κ3) is 4.42. The highest BCUT2D eigenvalue weighted by Gasteiger charge is 2.93. The van der Waals surface area contributed by atoms with Crippen LogP contribution in [0.2, 0.25) is 0 Å². The van der Waals surface area contributed by atoms with E-state index in [-0.39, 0.29) is 4.47 Å². The number of hydrogen-bond donors (Lipinski definition) is 0. The second-order valence-corrected chi connectivity index (χ2v) is 7.16. The van der Waals surface area contributed by atoms with Gasteiger partial charge >= 0.3 is 47.9 Å². The van der Waals surface area contributed by atoms with Crippen LogP contribution in [-0.4, -0.2) is 54.5 Å². The van der Waals surface area contributed by atoms with E-state index >= 15 is 0 Å². The molecule has 0 atom stereocenters. The molecule has 0 aliphatic carbocycles. The van der Waals surface area contributed by atoms with Gasteiger partial charge in [-0.1, -0.05) is 15.9 Å². The van der Waals surface area contributed by atoms with Crippen molar-refractivity contribution in [1.29, 1.82) is 0 Å². The maximum absolute atomic E-state index is 13.6. The monoisotopic (exact) mass is 586 g/mol. The van der Waals surface area contributed by atoms with Crippen LogP contribution in [0.1, 0.15) is 0 Å². The van der Waals surface area contributed by atoms with Crippen LogP contribution in [0.5, 0.6) is 5.75 Å². The van der Waals surface area contributed by atoms with Crippen LogP contribution in [-0.2, 0) is 0 Å². The minimum atomic E-state index is -8.41. The number of halogens is 17. The Morgan fingerprint density at radius 2 is 0.970 bits per heavy atom. The second-order valence-electron chi connectivity index (χ2n) is 6.24. The highest BCUT2D eigenvalue weighted by Crippen LogP contribution is 2.62. The Hall–Kier alpha value is -1.62. The molecule has 0 radical (unpaired) electrons. The van der Waals surface area contributed by atoms with Gasteiger partial charge in [0.25, 0.3) is 0 Å². The summed E-state index contributed by atoms with van der Waals surface area (Å²) >= 11 is 2.83. The van der Waals surface area contributed by atoms with Crippen molar-refractivity contribution in [1.82, 2.24) is 0 Å². The number of hydrogen-bond acceptors (Lipinski definition) is 1. The maximum Gasteiger partial charge on any atom is 0.385 e. The van der Waals surface area contributed by atoms with Crippen molar-refractivity contribution >= 4 is 15.9 Å². The van der Waals surface area contributed by atoms with Gasteiger partial charge in [-0.05, 0) is 24.3 Å². The molecule has 0 unspecified atom stereocenters. The molecule has 0 heterocycles. The summed E-state index contributed by atoms with van der Waals surface area (Å²) in [6.07, 6.45) is -5.87. The van der Waals surface area contributed by atoms with Crippen molar-refractivity contribution in [3.8, 4) is 5.75 Å². The Bertz CT molecular complexity index is 820. The number of rotatable bonds is 10. The van der Waals surface area contributed by atoms with E-state index in [1.807, 2.05) is 0 Å². The largest absolute Gasteiger partial charge is 0.487 e. The molecule has 33 heavy (non-hydrogen) atoms. The molecule has 0 spiro atoms. The molecule has 0 aromatic heterocycles. The van der Waals surface area contributed by atoms with Gasteiger partial charge in [0.15, 0.2) is 6.61 Å². The van der Waals surface area contributed by atoms with Crippen molar-refractivity contribution in [3.05, 3.63) is 28.7 Å². The normalized spacial score (nSPS) is 15.2. The lowest BCUT2D eigenvalue weighted by Gasteiger charge is -2.42. The van der Waals surface area contributed by atoms with Crippen LogP contribution in [0, 0.1) is 0 Å². The summed E-state index contributed by atoms with van der Waals surface area (Å²) in [5.74, 6) is -55.5. The zero-order valence-corrected chi connectivity index (χ0v) is 16.5. The van der Waals surface area contributed by atoms with E-state index in [0.717, 1.165) is 24.3 Å². The lowest BCUT2D eigenvalue weighted by atomic mass is 9.89. The van der Waals surface area contributed by atoms with Gasteiger partial charge in [0.05, 0.1) is 0 Å². The van der Waals surface area contributed by atoms with Gasteiger partial charge in [-0.2, -0.15) is 61.5 Å². The molecule has 1 rings (SSSR count). The van der Waals surface area contributed by atoms with Crippen molar-refractivity contribution in [2.75, 3.05) is 6.61 Å². The summed E-state index contributed by atoms with van der Waals surface area (Å²) < 4.78 is 215. The molecule has 0 aliphatic heterocycles. The highest BCUT2D eigenvalue weighted by atomic mass is 79.9. The van der Waals surface area contributed by atoms with E-state index in [2.05, 4.69) is 20.7 Å². The van der Waals surface area contributed by atoms with Gasteiger partial charge in [0.1, 0.15) is 5.75 Å². The van der Waals surface area contributed by atoms with Gasteiger partial charge in [-0.3, -0.25) is 0 Å². The molecule has 0 amide bonds. The topological polar surface area (TPSA) is 9.23 Å². The maximum atomic E-state index is 13.6. The molecule has 0 bridgehead atoms. The van der Waals surface area contributed by atoms with Crippen LogP contribution in [0.3, 0.4) is 0 Å². The fourth-order valence-corrected chi connectivity index (χ4v) is 2.23. The smallest absolute Gasteiger partial charge is 0.385 e. The van der Waals surface area contributed by atoms with E-state index in [0.29, 0.717) is 0 Å².